The van der Waals surface area contributed by atoms with Gasteiger partial charge in [0.25, 0.3) is 0 Å². The number of rotatable bonds is 8. The highest BCUT2D eigenvalue weighted by atomic mass is 35.5. The van der Waals surface area contributed by atoms with Gasteiger partial charge >= 0.3 is 0 Å². The molecule has 0 saturated carbocycles. The van der Waals surface area contributed by atoms with Crippen molar-refractivity contribution in [3.63, 3.8) is 0 Å². The average molecular weight is 406 g/mol. The van der Waals surface area contributed by atoms with Gasteiger partial charge < -0.3 is 11.1 Å². The Balaban J connectivity index is 0.00000625. The predicted molar refractivity (Wildman–Crippen MR) is 108 cm³/mol. The van der Waals surface area contributed by atoms with Crippen LogP contribution >= 0.6 is 12.4 Å². The second-order valence-electron chi connectivity index (χ2n) is 6.72. The van der Waals surface area contributed by atoms with Crippen molar-refractivity contribution in [2.45, 2.75) is 65.3 Å². The number of carbonyl (C=O) groups excluding carboxylic acids is 1. The zero-order valence-corrected chi connectivity index (χ0v) is 18.2. The van der Waals surface area contributed by atoms with E-state index < -0.39 is 10.0 Å². The lowest BCUT2D eigenvalue weighted by atomic mass is 9.95. The first-order valence-electron chi connectivity index (χ1n) is 8.58. The van der Waals surface area contributed by atoms with E-state index in [1.165, 1.54) is 0 Å². The maximum absolute atomic E-state index is 12.7. The highest BCUT2D eigenvalue weighted by Gasteiger charge is 2.23. The van der Waals surface area contributed by atoms with E-state index in [9.17, 15) is 13.2 Å². The molecule has 0 fully saturated rings. The van der Waals surface area contributed by atoms with E-state index in [2.05, 4.69) is 10.0 Å². The van der Waals surface area contributed by atoms with Crippen LogP contribution in [-0.2, 0) is 14.8 Å². The minimum absolute atomic E-state index is 0. The van der Waals surface area contributed by atoms with Crippen molar-refractivity contribution in [2.75, 3.05) is 13.1 Å². The van der Waals surface area contributed by atoms with E-state index in [1.807, 2.05) is 41.5 Å². The van der Waals surface area contributed by atoms with Crippen molar-refractivity contribution in [3.05, 3.63) is 27.8 Å². The fraction of sp³-hybridized carbons (Fsp3) is 0.611. The highest BCUT2D eigenvalue weighted by Crippen LogP contribution is 2.29. The third-order valence-electron chi connectivity index (χ3n) is 4.77. The summed E-state index contributed by atoms with van der Waals surface area (Å²) in [6, 6.07) is 0.0257. The predicted octanol–water partition coefficient (Wildman–Crippen LogP) is 2.17. The normalized spacial score (nSPS) is 12.4. The fourth-order valence-corrected chi connectivity index (χ4v) is 4.39. The van der Waals surface area contributed by atoms with Crippen molar-refractivity contribution < 1.29 is 13.2 Å². The van der Waals surface area contributed by atoms with Gasteiger partial charge in [-0.1, -0.05) is 0 Å². The van der Waals surface area contributed by atoms with Gasteiger partial charge in [-0.15, -0.1) is 12.4 Å². The van der Waals surface area contributed by atoms with Crippen LogP contribution in [0, 0.1) is 34.6 Å². The minimum atomic E-state index is -3.66. The summed E-state index contributed by atoms with van der Waals surface area (Å²) < 4.78 is 28.0. The maximum atomic E-state index is 12.7. The molecule has 0 spiro atoms. The number of halogens is 1. The number of sulfonamides is 1. The second kappa shape index (κ2) is 10.3. The van der Waals surface area contributed by atoms with Gasteiger partial charge in [0, 0.05) is 25.6 Å². The van der Waals surface area contributed by atoms with E-state index >= 15 is 0 Å². The molecule has 0 aliphatic heterocycles. The van der Waals surface area contributed by atoms with Gasteiger partial charge in [-0.05, 0) is 75.8 Å². The summed E-state index contributed by atoms with van der Waals surface area (Å²) in [4.78, 5) is 12.1. The number of nitrogens with one attached hydrogen (secondary N) is 2. The number of amides is 1. The fourth-order valence-electron chi connectivity index (χ4n) is 2.77. The lowest BCUT2D eigenvalue weighted by Gasteiger charge is -2.19. The average Bonchev–Trinajstić information content (AvgIpc) is 2.50. The van der Waals surface area contributed by atoms with Crippen molar-refractivity contribution in [1.29, 1.82) is 0 Å². The molecule has 8 heteroatoms. The molecule has 26 heavy (non-hydrogen) atoms. The number of hydrogen-bond acceptors (Lipinski definition) is 4. The first-order chi connectivity index (χ1) is 11.5. The molecule has 0 saturated heterocycles. The Morgan fingerprint density at radius 1 is 0.962 bits per heavy atom. The molecule has 1 aromatic rings. The Bertz CT molecular complexity index is 718. The van der Waals surface area contributed by atoms with Gasteiger partial charge in [-0.2, -0.15) is 0 Å². The molecular formula is C18H32ClN3O3S. The SMILES string of the molecule is Cc1c(C)c(C)c(S(=O)(=O)NCCC(=O)NCCC(C)N)c(C)c1C.Cl. The van der Waals surface area contributed by atoms with Crippen molar-refractivity contribution >= 4 is 28.3 Å². The zero-order chi connectivity index (χ0) is 19.4. The molecule has 0 aliphatic carbocycles. The summed E-state index contributed by atoms with van der Waals surface area (Å²) in [6.45, 7) is 11.9. The van der Waals surface area contributed by atoms with Gasteiger partial charge in [-0.3, -0.25) is 4.79 Å². The van der Waals surface area contributed by atoms with E-state index in [1.54, 1.807) is 0 Å². The molecule has 0 bridgehead atoms. The van der Waals surface area contributed by atoms with E-state index in [-0.39, 0.29) is 37.3 Å². The first-order valence-corrected chi connectivity index (χ1v) is 10.1. The topological polar surface area (TPSA) is 101 Å². The van der Waals surface area contributed by atoms with Crippen LogP contribution in [0.25, 0.3) is 0 Å². The van der Waals surface area contributed by atoms with E-state index in [0.29, 0.717) is 17.9 Å². The summed E-state index contributed by atoms with van der Waals surface area (Å²) in [6.07, 6.45) is 0.790. The van der Waals surface area contributed by atoms with Crippen LogP contribution in [0.4, 0.5) is 0 Å². The maximum Gasteiger partial charge on any atom is 0.241 e. The number of hydrogen-bond donors (Lipinski definition) is 3. The number of benzene rings is 1. The van der Waals surface area contributed by atoms with Crippen LogP contribution < -0.4 is 15.8 Å². The molecule has 0 radical (unpaired) electrons. The van der Waals surface area contributed by atoms with Crippen LogP contribution in [0.1, 0.15) is 47.6 Å². The van der Waals surface area contributed by atoms with Gasteiger partial charge in [0.15, 0.2) is 0 Å². The molecule has 150 valence electrons. The van der Waals surface area contributed by atoms with Crippen LogP contribution in [0.2, 0.25) is 0 Å². The monoisotopic (exact) mass is 405 g/mol. The Morgan fingerprint density at radius 2 is 1.42 bits per heavy atom. The highest BCUT2D eigenvalue weighted by molar-refractivity contribution is 7.89. The van der Waals surface area contributed by atoms with E-state index in [0.717, 1.165) is 27.8 Å². The van der Waals surface area contributed by atoms with Gasteiger partial charge in [-0.25, -0.2) is 13.1 Å². The number of nitrogens with two attached hydrogens (primary N) is 1. The second-order valence-corrected chi connectivity index (χ2v) is 8.42. The molecule has 1 rings (SSSR count). The van der Waals surface area contributed by atoms with Gasteiger partial charge in [0.1, 0.15) is 0 Å². The molecule has 0 heterocycles. The molecule has 0 aromatic heterocycles. The molecule has 1 aromatic carbocycles. The summed E-state index contributed by atoms with van der Waals surface area (Å²) in [7, 11) is -3.66. The van der Waals surface area contributed by atoms with Crippen LogP contribution in [0.3, 0.4) is 0 Å². The van der Waals surface area contributed by atoms with Crippen LogP contribution in [0.15, 0.2) is 4.90 Å². The lowest BCUT2D eigenvalue weighted by molar-refractivity contribution is -0.120. The Kier molecular flexibility index (Phi) is 9.80. The molecule has 1 amide bonds. The lowest BCUT2D eigenvalue weighted by Crippen LogP contribution is -2.33. The Labute approximate surface area is 163 Å². The molecule has 0 aliphatic rings. The third kappa shape index (κ3) is 6.23. The van der Waals surface area contributed by atoms with Crippen molar-refractivity contribution in [2.24, 2.45) is 5.73 Å². The molecule has 1 atom stereocenters. The molecule has 6 nitrogen and oxygen atoms in total. The number of carbonyl (C=O) groups is 1. The first kappa shape index (κ1) is 24.8. The summed E-state index contributed by atoms with van der Waals surface area (Å²) in [5.41, 5.74) is 10.2. The van der Waals surface area contributed by atoms with Gasteiger partial charge in [0.2, 0.25) is 15.9 Å². The van der Waals surface area contributed by atoms with E-state index in [4.69, 9.17) is 5.73 Å². The van der Waals surface area contributed by atoms with Crippen LogP contribution in [-0.4, -0.2) is 33.5 Å². The Morgan fingerprint density at radius 3 is 1.88 bits per heavy atom. The van der Waals surface area contributed by atoms with Crippen LogP contribution in [0.5, 0.6) is 0 Å². The molecule has 4 N–H and O–H groups in total. The van der Waals surface area contributed by atoms with Crippen molar-refractivity contribution in [3.8, 4) is 0 Å². The quantitative estimate of drug-likeness (QED) is 0.616. The summed E-state index contributed by atoms with van der Waals surface area (Å²) >= 11 is 0. The smallest absolute Gasteiger partial charge is 0.241 e. The summed E-state index contributed by atoms with van der Waals surface area (Å²) in [5, 5.41) is 2.73. The Hall–Kier alpha value is -1.15. The molecular weight excluding hydrogens is 374 g/mol. The minimum Gasteiger partial charge on any atom is -0.356 e. The molecule has 1 unspecified atom stereocenters. The third-order valence-corrected chi connectivity index (χ3v) is 6.50. The van der Waals surface area contributed by atoms with Gasteiger partial charge in [0.05, 0.1) is 4.90 Å². The summed E-state index contributed by atoms with van der Waals surface area (Å²) in [5.74, 6) is -0.187. The zero-order valence-electron chi connectivity index (χ0n) is 16.5. The largest absolute Gasteiger partial charge is 0.356 e. The standard InChI is InChI=1S/C18H31N3O3S.ClH/c1-11(19)7-9-20-17(22)8-10-21-25(23,24)18-15(5)13(3)12(2)14(4)16(18)6;/h11,21H,7-10,19H2,1-6H3,(H,20,22);1H. The van der Waals surface area contributed by atoms with Crippen molar-refractivity contribution in [1.82, 2.24) is 10.0 Å².